The number of carbonyl (C=O) groups excluding carboxylic acids is 4. The lowest BCUT2D eigenvalue weighted by Gasteiger charge is -2.21. The molecule has 0 aliphatic rings. The van der Waals surface area contributed by atoms with E-state index in [0.717, 1.165) is 160 Å². The molecule has 0 aliphatic carbocycles. The zero-order valence-corrected chi connectivity index (χ0v) is 61.7. The lowest BCUT2D eigenvalue weighted by molar-refractivity contribution is -0.161. The Hall–Kier alpha value is -2.56. The number of rotatable bonds is 75. The highest BCUT2D eigenvalue weighted by atomic mass is 31.2. The van der Waals surface area contributed by atoms with Crippen LogP contribution in [0.4, 0.5) is 0 Å². The van der Waals surface area contributed by atoms with Gasteiger partial charge in [-0.05, 0) is 89.9 Å². The molecule has 0 radical (unpaired) electrons. The Bertz CT molecular complexity index is 1900. The van der Waals surface area contributed by atoms with Gasteiger partial charge in [0.05, 0.1) is 33.0 Å². The monoisotopic (exact) mass is 1370 g/mol. The summed E-state index contributed by atoms with van der Waals surface area (Å²) in [5.41, 5.74) is 0. The summed E-state index contributed by atoms with van der Waals surface area (Å²) in [6.07, 6.45) is 64.6. The van der Waals surface area contributed by atoms with E-state index in [0.29, 0.717) is 32.3 Å². The van der Waals surface area contributed by atoms with Gasteiger partial charge in [-0.1, -0.05) is 276 Å². The van der Waals surface area contributed by atoms with Crippen molar-refractivity contribution >= 4 is 39.8 Å². The summed E-state index contributed by atoms with van der Waals surface area (Å²) in [5, 5.41) is 10.6. The van der Waals surface area contributed by atoms with Crippen LogP contribution in [-0.2, 0) is 65.4 Å². The number of ether oxygens (including phenoxy) is 4. The SMILES string of the molecule is CCCCC/C=C\C/C=C\CCCCCCCC(=O)O[C@H](COC(=O)CCCCCCCCCCCCCCC)COP(=O)(O)OC[C@H](O)COP(=O)(O)OC[C@@H](COCCCCCCC/C=C\CCCCCCC=O)OC(=O)CCCCCCCCCCCCCCC. The average molecular weight is 1380 g/mol. The maximum absolute atomic E-state index is 13.1. The van der Waals surface area contributed by atoms with Crippen LogP contribution in [0, 0.1) is 0 Å². The summed E-state index contributed by atoms with van der Waals surface area (Å²) in [6.45, 7) is 3.67. The Kier molecular flexibility index (Phi) is 68.4. The summed E-state index contributed by atoms with van der Waals surface area (Å²) >= 11 is 0. The van der Waals surface area contributed by atoms with Gasteiger partial charge >= 0.3 is 33.6 Å². The highest BCUT2D eigenvalue weighted by Gasteiger charge is 2.30. The molecule has 17 nitrogen and oxygen atoms in total. The molecule has 0 rings (SSSR count). The fourth-order valence-corrected chi connectivity index (χ4v) is 12.3. The fraction of sp³-hybridized carbons (Fsp3) is 0.867. The van der Waals surface area contributed by atoms with Gasteiger partial charge in [-0.2, -0.15) is 0 Å². The highest BCUT2D eigenvalue weighted by Crippen LogP contribution is 2.45. The van der Waals surface area contributed by atoms with Gasteiger partial charge in [0.1, 0.15) is 25.1 Å². The number of phosphoric acid groups is 2. The van der Waals surface area contributed by atoms with Gasteiger partial charge in [-0.15, -0.1) is 0 Å². The van der Waals surface area contributed by atoms with E-state index < -0.39 is 84.9 Å². The zero-order valence-electron chi connectivity index (χ0n) is 59.9. The van der Waals surface area contributed by atoms with Crippen LogP contribution in [0.2, 0.25) is 0 Å². The first-order valence-electron chi connectivity index (χ1n) is 38.2. The van der Waals surface area contributed by atoms with Crippen molar-refractivity contribution in [3.8, 4) is 0 Å². The number of hydrogen-bond donors (Lipinski definition) is 3. The topological polar surface area (TPSA) is 237 Å². The van der Waals surface area contributed by atoms with Crippen LogP contribution in [-0.4, -0.2) is 104 Å². The number of unbranched alkanes of at least 4 members (excludes halogenated alkanes) is 42. The van der Waals surface area contributed by atoms with Crippen LogP contribution in [0.5, 0.6) is 0 Å². The van der Waals surface area contributed by atoms with Crippen molar-refractivity contribution in [2.75, 3.05) is 46.2 Å². The molecule has 0 saturated carbocycles. The minimum absolute atomic E-state index is 0.0764. The van der Waals surface area contributed by atoms with Gasteiger partial charge < -0.3 is 38.6 Å². The Morgan fingerprint density at radius 1 is 0.340 bits per heavy atom. The van der Waals surface area contributed by atoms with Gasteiger partial charge in [0.2, 0.25) is 0 Å². The Balaban J connectivity index is 5.24. The molecule has 5 atom stereocenters. The van der Waals surface area contributed by atoms with Crippen molar-refractivity contribution in [3.63, 3.8) is 0 Å². The molecule has 0 bridgehead atoms. The predicted octanol–water partition coefficient (Wildman–Crippen LogP) is 21.2. The zero-order chi connectivity index (χ0) is 68.8. The van der Waals surface area contributed by atoms with Gasteiger partial charge in [0.15, 0.2) is 6.10 Å². The third-order valence-electron chi connectivity index (χ3n) is 16.6. The molecule has 0 amide bonds. The van der Waals surface area contributed by atoms with Crippen molar-refractivity contribution in [3.05, 3.63) is 36.5 Å². The van der Waals surface area contributed by atoms with Crippen molar-refractivity contribution in [2.45, 2.75) is 373 Å². The molecule has 0 aromatic heterocycles. The molecular formula is C75H140O17P2. The van der Waals surface area contributed by atoms with E-state index in [-0.39, 0.29) is 25.9 Å². The molecule has 0 fully saturated rings. The minimum atomic E-state index is -4.94. The van der Waals surface area contributed by atoms with E-state index in [1.807, 2.05) is 0 Å². The van der Waals surface area contributed by atoms with Crippen molar-refractivity contribution in [1.82, 2.24) is 0 Å². The number of aliphatic hydroxyl groups is 1. The maximum Gasteiger partial charge on any atom is 0.472 e. The summed E-state index contributed by atoms with van der Waals surface area (Å²) in [5.74, 6) is -1.54. The Labute approximate surface area is 573 Å². The molecule has 0 aromatic rings. The van der Waals surface area contributed by atoms with Gasteiger partial charge in [-0.3, -0.25) is 32.5 Å². The number of hydrogen-bond acceptors (Lipinski definition) is 15. The predicted molar refractivity (Wildman–Crippen MR) is 382 cm³/mol. The number of carbonyl (C=O) groups is 4. The molecule has 0 aromatic carbocycles. The molecule has 94 heavy (non-hydrogen) atoms. The van der Waals surface area contributed by atoms with Gasteiger partial charge in [0, 0.05) is 32.3 Å². The lowest BCUT2D eigenvalue weighted by atomic mass is 10.0. The fourth-order valence-electron chi connectivity index (χ4n) is 10.8. The molecule has 552 valence electrons. The van der Waals surface area contributed by atoms with E-state index in [4.69, 9.17) is 37.0 Å². The smallest absolute Gasteiger partial charge is 0.462 e. The molecule has 3 N–H and O–H groups in total. The van der Waals surface area contributed by atoms with Crippen molar-refractivity contribution in [1.29, 1.82) is 0 Å². The summed E-state index contributed by atoms with van der Waals surface area (Å²) in [4.78, 5) is 70.5. The van der Waals surface area contributed by atoms with Crippen molar-refractivity contribution in [2.24, 2.45) is 0 Å². The molecule has 0 aliphatic heterocycles. The average Bonchev–Trinajstić information content (AvgIpc) is 1.33. The molecule has 19 heteroatoms. The number of aliphatic hydroxyl groups excluding tert-OH is 1. The number of esters is 3. The van der Waals surface area contributed by atoms with E-state index in [2.05, 4.69) is 57.2 Å². The number of allylic oxidation sites excluding steroid dienone is 6. The molecular weight excluding hydrogens is 1230 g/mol. The third kappa shape index (κ3) is 69.3. The standard InChI is InChI=1S/C75H140O17P2/c1-4-7-10-13-16-19-22-25-26-31-36-41-46-51-56-61-75(80)92-72(67-86-73(78)59-54-49-44-39-34-29-23-20-17-14-11-8-5-2)69-90-94(83,84)88-65-70(77)64-87-93(81,82)89-68-71(91-74(79)60-55-50-45-40-35-30-24-21-18-15-12-9-6-3)66-85-63-58-53-48-43-38-33-28-27-32-37-42-47-52-57-62-76/h16,19,25-28,62,70-72,77H,4-15,17-18,20-24,29-61,63-69H2,1-3H3,(H,81,82)(H,83,84)/b19-16-,26-25-,28-27-/t70-,71-,72-/m1/s1. The van der Waals surface area contributed by atoms with Crippen LogP contribution >= 0.6 is 15.6 Å². The first-order valence-corrected chi connectivity index (χ1v) is 41.2. The lowest BCUT2D eigenvalue weighted by Crippen LogP contribution is -2.30. The summed E-state index contributed by atoms with van der Waals surface area (Å²) < 4.78 is 69.1. The Morgan fingerprint density at radius 2 is 0.628 bits per heavy atom. The molecule has 0 saturated heterocycles. The van der Waals surface area contributed by atoms with Gasteiger partial charge in [-0.25, -0.2) is 9.13 Å². The van der Waals surface area contributed by atoms with Crippen LogP contribution in [0.25, 0.3) is 0 Å². The van der Waals surface area contributed by atoms with E-state index in [1.165, 1.54) is 135 Å². The quantitative estimate of drug-likeness (QED) is 0.0128. The second kappa shape index (κ2) is 70.3. The second-order valence-corrected chi connectivity index (χ2v) is 28.8. The highest BCUT2D eigenvalue weighted by molar-refractivity contribution is 7.47. The number of phosphoric ester groups is 2. The largest absolute Gasteiger partial charge is 0.472 e. The van der Waals surface area contributed by atoms with Crippen LogP contribution in [0.1, 0.15) is 355 Å². The maximum atomic E-state index is 13.1. The molecule has 0 spiro atoms. The Morgan fingerprint density at radius 3 is 1.01 bits per heavy atom. The first-order chi connectivity index (χ1) is 45.8. The van der Waals surface area contributed by atoms with E-state index >= 15 is 0 Å². The summed E-state index contributed by atoms with van der Waals surface area (Å²) in [6, 6.07) is 0. The third-order valence-corrected chi connectivity index (χ3v) is 18.5. The van der Waals surface area contributed by atoms with Crippen molar-refractivity contribution < 1.29 is 80.2 Å². The number of aldehydes is 1. The van der Waals surface area contributed by atoms with Crippen LogP contribution in [0.15, 0.2) is 36.5 Å². The first kappa shape index (κ1) is 91.4. The molecule has 0 heterocycles. The van der Waals surface area contributed by atoms with E-state index in [1.54, 1.807) is 0 Å². The molecule has 2 unspecified atom stereocenters. The van der Waals surface area contributed by atoms with E-state index in [9.17, 15) is 43.2 Å². The normalized spacial score (nSPS) is 14.2. The minimum Gasteiger partial charge on any atom is -0.462 e. The summed E-state index contributed by atoms with van der Waals surface area (Å²) in [7, 11) is -9.81. The second-order valence-electron chi connectivity index (χ2n) is 25.9. The van der Waals surface area contributed by atoms with Crippen LogP contribution < -0.4 is 0 Å². The van der Waals surface area contributed by atoms with Gasteiger partial charge in [0.25, 0.3) is 0 Å². The van der Waals surface area contributed by atoms with Crippen LogP contribution in [0.3, 0.4) is 0 Å².